The van der Waals surface area contributed by atoms with Crippen molar-refractivity contribution in [2.45, 2.75) is 38.7 Å². The van der Waals surface area contributed by atoms with Crippen molar-refractivity contribution < 1.29 is 4.74 Å². The minimum Gasteiger partial charge on any atom is -0.376 e. The van der Waals surface area contributed by atoms with Crippen LogP contribution in [0.4, 0.5) is 0 Å². The molecule has 0 amide bonds. The molecule has 2 aliphatic rings. The van der Waals surface area contributed by atoms with Crippen LogP contribution in [0.5, 0.6) is 0 Å². The zero-order valence-electron chi connectivity index (χ0n) is 11.1. The highest BCUT2D eigenvalue weighted by atomic mass is 16.5. The third kappa shape index (κ3) is 3.60. The molecule has 1 aliphatic carbocycles. The van der Waals surface area contributed by atoms with E-state index in [0.717, 1.165) is 38.1 Å². The van der Waals surface area contributed by atoms with E-state index < -0.39 is 0 Å². The van der Waals surface area contributed by atoms with E-state index in [2.05, 4.69) is 29.2 Å². The maximum atomic E-state index is 5.95. The van der Waals surface area contributed by atoms with Crippen LogP contribution in [-0.2, 0) is 4.74 Å². The van der Waals surface area contributed by atoms with Gasteiger partial charge in [-0.05, 0) is 18.8 Å². The largest absolute Gasteiger partial charge is 0.376 e. The fraction of sp³-hybridized carbons (Fsp3) is 0.923. The number of likely N-dealkylation sites (N-methyl/N-ethyl adjacent to an activating group) is 1. The highest BCUT2D eigenvalue weighted by molar-refractivity contribution is 5.81. The van der Waals surface area contributed by atoms with Gasteiger partial charge in [-0.2, -0.15) is 0 Å². The molecule has 2 unspecified atom stereocenters. The summed E-state index contributed by atoms with van der Waals surface area (Å²) in [6.45, 7) is 5.92. The van der Waals surface area contributed by atoms with Gasteiger partial charge >= 0.3 is 0 Å². The Balaban J connectivity index is 1.59. The highest BCUT2D eigenvalue weighted by Gasteiger charge is 2.21. The lowest BCUT2D eigenvalue weighted by atomic mass is 9.88. The van der Waals surface area contributed by atoms with Crippen molar-refractivity contribution in [1.82, 2.24) is 10.2 Å². The molecule has 4 heteroatoms. The standard InChI is InChI=1S/C13H25N3O/c1-11-5-3-4-6-12(11)17-10-8-15-13-14-7-9-16(13)2/h11-12H,3-10H2,1-2H3,(H,14,15). The summed E-state index contributed by atoms with van der Waals surface area (Å²) in [6.07, 6.45) is 5.75. The Hall–Kier alpha value is -0.770. The normalized spacial score (nSPS) is 29.3. The second kappa shape index (κ2) is 6.24. The Kier molecular flexibility index (Phi) is 4.66. The van der Waals surface area contributed by atoms with Crippen molar-refractivity contribution in [2.24, 2.45) is 10.9 Å². The summed E-state index contributed by atoms with van der Waals surface area (Å²) < 4.78 is 5.95. The fourth-order valence-corrected chi connectivity index (χ4v) is 2.63. The van der Waals surface area contributed by atoms with Gasteiger partial charge in [0.15, 0.2) is 5.96 Å². The SMILES string of the molecule is CC1CCCCC1OCCNC1=NCCN1C. The summed E-state index contributed by atoms with van der Waals surface area (Å²) in [5.74, 6) is 1.75. The topological polar surface area (TPSA) is 36.9 Å². The summed E-state index contributed by atoms with van der Waals surface area (Å²) in [4.78, 5) is 6.55. The van der Waals surface area contributed by atoms with Gasteiger partial charge in [0, 0.05) is 20.1 Å². The molecule has 0 bridgehead atoms. The number of hydrogen-bond acceptors (Lipinski definition) is 4. The Morgan fingerprint density at radius 2 is 2.24 bits per heavy atom. The van der Waals surface area contributed by atoms with Gasteiger partial charge in [-0.15, -0.1) is 0 Å². The molecule has 0 spiro atoms. The van der Waals surface area contributed by atoms with Crippen LogP contribution in [0.15, 0.2) is 4.99 Å². The second-order valence-electron chi connectivity index (χ2n) is 5.22. The smallest absolute Gasteiger partial charge is 0.193 e. The molecule has 1 N–H and O–H groups in total. The molecule has 0 radical (unpaired) electrons. The van der Waals surface area contributed by atoms with Crippen LogP contribution in [0.2, 0.25) is 0 Å². The van der Waals surface area contributed by atoms with Crippen LogP contribution in [0.25, 0.3) is 0 Å². The Morgan fingerprint density at radius 1 is 1.41 bits per heavy atom. The first-order valence-corrected chi connectivity index (χ1v) is 6.88. The molecule has 1 heterocycles. The lowest BCUT2D eigenvalue weighted by Crippen LogP contribution is -2.38. The van der Waals surface area contributed by atoms with E-state index in [1.54, 1.807) is 0 Å². The molecular weight excluding hydrogens is 214 g/mol. The van der Waals surface area contributed by atoms with Crippen molar-refractivity contribution in [3.8, 4) is 0 Å². The minimum atomic E-state index is 0.480. The van der Waals surface area contributed by atoms with Gasteiger partial charge in [-0.25, -0.2) is 0 Å². The predicted molar refractivity (Wildman–Crippen MR) is 70.3 cm³/mol. The van der Waals surface area contributed by atoms with E-state index in [-0.39, 0.29) is 0 Å². The summed E-state index contributed by atoms with van der Waals surface area (Å²) >= 11 is 0. The van der Waals surface area contributed by atoms with Crippen molar-refractivity contribution in [2.75, 3.05) is 33.3 Å². The lowest BCUT2D eigenvalue weighted by molar-refractivity contribution is -0.00211. The van der Waals surface area contributed by atoms with Crippen LogP contribution >= 0.6 is 0 Å². The average Bonchev–Trinajstić information content (AvgIpc) is 2.73. The number of rotatable bonds is 4. The molecule has 0 saturated heterocycles. The number of nitrogens with one attached hydrogen (secondary N) is 1. The first kappa shape index (κ1) is 12.7. The van der Waals surface area contributed by atoms with Gasteiger partial charge in [0.05, 0.1) is 19.3 Å². The van der Waals surface area contributed by atoms with E-state index in [1.807, 2.05) is 0 Å². The molecule has 17 heavy (non-hydrogen) atoms. The highest BCUT2D eigenvalue weighted by Crippen LogP contribution is 2.25. The molecule has 1 fully saturated rings. The monoisotopic (exact) mass is 239 g/mol. The quantitative estimate of drug-likeness (QED) is 0.755. The molecule has 4 nitrogen and oxygen atoms in total. The number of hydrogen-bond donors (Lipinski definition) is 1. The van der Waals surface area contributed by atoms with Gasteiger partial charge < -0.3 is 15.0 Å². The maximum absolute atomic E-state index is 5.95. The van der Waals surface area contributed by atoms with Crippen LogP contribution < -0.4 is 5.32 Å². The summed E-state index contributed by atoms with van der Waals surface area (Å²) in [5, 5.41) is 3.34. The zero-order chi connectivity index (χ0) is 12.1. The Labute approximate surface area is 104 Å². The third-order valence-electron chi connectivity index (χ3n) is 3.81. The number of guanidine groups is 1. The first-order valence-electron chi connectivity index (χ1n) is 6.88. The van der Waals surface area contributed by atoms with Gasteiger partial charge in [0.1, 0.15) is 0 Å². The lowest BCUT2D eigenvalue weighted by Gasteiger charge is -2.28. The average molecular weight is 239 g/mol. The second-order valence-corrected chi connectivity index (χ2v) is 5.22. The van der Waals surface area contributed by atoms with E-state index in [1.165, 1.54) is 25.7 Å². The Bertz CT molecular complexity index is 267. The van der Waals surface area contributed by atoms with Crippen molar-refractivity contribution in [1.29, 1.82) is 0 Å². The minimum absolute atomic E-state index is 0.480. The molecule has 1 saturated carbocycles. The summed E-state index contributed by atoms with van der Waals surface area (Å²) in [5.41, 5.74) is 0. The van der Waals surface area contributed by atoms with Gasteiger partial charge in [-0.1, -0.05) is 19.8 Å². The van der Waals surface area contributed by atoms with Crippen LogP contribution in [0, 0.1) is 5.92 Å². The van der Waals surface area contributed by atoms with Crippen LogP contribution in [0.1, 0.15) is 32.6 Å². The number of nitrogens with zero attached hydrogens (tertiary/aromatic N) is 2. The molecule has 2 rings (SSSR count). The molecule has 98 valence electrons. The number of ether oxygens (including phenoxy) is 1. The van der Waals surface area contributed by atoms with Crippen LogP contribution in [-0.4, -0.2) is 50.3 Å². The predicted octanol–water partition coefficient (Wildman–Crippen LogP) is 1.47. The van der Waals surface area contributed by atoms with Gasteiger partial charge in [0.2, 0.25) is 0 Å². The molecule has 2 atom stereocenters. The summed E-state index contributed by atoms with van der Waals surface area (Å²) in [6, 6.07) is 0. The van der Waals surface area contributed by atoms with Crippen molar-refractivity contribution >= 4 is 5.96 Å². The molecule has 0 aromatic heterocycles. The van der Waals surface area contributed by atoms with Crippen LogP contribution in [0.3, 0.4) is 0 Å². The van der Waals surface area contributed by atoms with Crippen molar-refractivity contribution in [3.05, 3.63) is 0 Å². The first-order chi connectivity index (χ1) is 8.27. The van der Waals surface area contributed by atoms with E-state index >= 15 is 0 Å². The van der Waals surface area contributed by atoms with Gasteiger partial charge in [0.25, 0.3) is 0 Å². The van der Waals surface area contributed by atoms with Crippen molar-refractivity contribution in [3.63, 3.8) is 0 Å². The molecule has 0 aromatic rings. The maximum Gasteiger partial charge on any atom is 0.193 e. The van der Waals surface area contributed by atoms with Gasteiger partial charge in [-0.3, -0.25) is 4.99 Å². The van der Waals surface area contributed by atoms with E-state index in [9.17, 15) is 0 Å². The Morgan fingerprint density at radius 3 is 2.94 bits per heavy atom. The fourth-order valence-electron chi connectivity index (χ4n) is 2.63. The van der Waals surface area contributed by atoms with E-state index in [0.29, 0.717) is 6.10 Å². The zero-order valence-corrected chi connectivity index (χ0v) is 11.1. The summed E-state index contributed by atoms with van der Waals surface area (Å²) in [7, 11) is 2.07. The third-order valence-corrected chi connectivity index (χ3v) is 3.81. The molecular formula is C13H25N3O. The van der Waals surface area contributed by atoms with E-state index in [4.69, 9.17) is 4.74 Å². The molecule has 1 aliphatic heterocycles. The molecule has 0 aromatic carbocycles. The number of aliphatic imine (C=N–C) groups is 1.